The molecule has 3 aromatic rings. The molecule has 1 aromatic heterocycles. The second-order valence-electron chi connectivity index (χ2n) is 3.96. The van der Waals surface area contributed by atoms with Gasteiger partial charge in [0, 0.05) is 6.21 Å². The topological polar surface area (TPSA) is 37.9 Å². The Balaban J connectivity index is 2.54. The van der Waals surface area contributed by atoms with Gasteiger partial charge >= 0.3 is 0 Å². The van der Waals surface area contributed by atoms with Gasteiger partial charge in [-0.05, 0) is 30.5 Å². The quantitative estimate of drug-likeness (QED) is 0.597. The van der Waals surface area contributed by atoms with E-state index in [0.717, 1.165) is 27.4 Å². The van der Waals surface area contributed by atoms with Crippen LogP contribution >= 0.6 is 0 Å². The van der Waals surface area contributed by atoms with Crippen molar-refractivity contribution in [3.8, 4) is 0 Å². The van der Waals surface area contributed by atoms with Crippen molar-refractivity contribution in [3.63, 3.8) is 0 Å². The fraction of sp³-hybridized carbons (Fsp3) is 0.0667. The minimum atomic E-state index is 0.472. The van der Waals surface area contributed by atoms with Crippen LogP contribution in [0.5, 0.6) is 0 Å². The third kappa shape index (κ3) is 1.44. The smallest absolute Gasteiger partial charge is 0.245 e. The van der Waals surface area contributed by atoms with Gasteiger partial charge in [-0.15, -0.1) is 0 Å². The molecule has 0 saturated heterocycles. The lowest BCUT2D eigenvalue weighted by atomic mass is 10.1. The minimum absolute atomic E-state index is 0.472. The van der Waals surface area contributed by atoms with E-state index in [2.05, 4.69) is 28.8 Å². The molecule has 3 rings (SSSR count). The molecule has 0 saturated carbocycles. The molecule has 0 fully saturated rings. The first-order chi connectivity index (χ1) is 8.85. The summed E-state index contributed by atoms with van der Waals surface area (Å²) in [5.74, 6) is 0.472. The van der Waals surface area contributed by atoms with E-state index in [-0.39, 0.29) is 0 Å². The van der Waals surface area contributed by atoms with Crippen molar-refractivity contribution in [1.29, 1.82) is 0 Å². The van der Waals surface area contributed by atoms with E-state index >= 15 is 0 Å². The largest absolute Gasteiger partial charge is 0.436 e. The Morgan fingerprint density at radius 1 is 1.17 bits per heavy atom. The molecule has 0 bridgehead atoms. The zero-order valence-corrected chi connectivity index (χ0v) is 10.1. The molecule has 0 atom stereocenters. The summed E-state index contributed by atoms with van der Waals surface area (Å²) in [6.45, 7) is 5.40. The molecule has 0 aliphatic heterocycles. The zero-order chi connectivity index (χ0) is 12.5. The first kappa shape index (κ1) is 10.7. The molecule has 0 aliphatic rings. The minimum Gasteiger partial charge on any atom is -0.436 e. The third-order valence-corrected chi connectivity index (χ3v) is 2.94. The van der Waals surface area contributed by atoms with E-state index in [1.165, 1.54) is 0 Å². The van der Waals surface area contributed by atoms with Crippen LogP contribution in [0.15, 0.2) is 50.8 Å². The first-order valence-corrected chi connectivity index (χ1v) is 5.75. The molecule has 0 amide bonds. The van der Waals surface area contributed by atoms with Crippen molar-refractivity contribution >= 4 is 46.2 Å². The average Bonchev–Trinajstić information content (AvgIpc) is 2.78. The van der Waals surface area contributed by atoms with Gasteiger partial charge in [-0.1, -0.05) is 30.3 Å². The maximum atomic E-state index is 5.67. The molecular weight excluding hydrogens is 224 g/mol. The summed E-state index contributed by atoms with van der Waals surface area (Å²) in [4.78, 5) is 8.27. The number of nitrogens with zero attached hydrogens (tertiary/aromatic N) is 2. The SMILES string of the molecule is C=Nc1oc2ccc3ccccc3c2c1N=CC. The summed E-state index contributed by atoms with van der Waals surface area (Å²) >= 11 is 0. The standard InChI is InChI=1S/C15H12N2O/c1-3-17-14-13-11-7-5-4-6-10(11)8-9-12(13)18-15(14)16-2/h3-9H,2H2,1H3. The van der Waals surface area contributed by atoms with Crippen LogP contribution in [0.25, 0.3) is 21.7 Å². The number of aliphatic imine (C=N–C) groups is 2. The monoisotopic (exact) mass is 236 g/mol. The Kier molecular flexibility index (Phi) is 2.45. The van der Waals surface area contributed by atoms with Crippen LogP contribution < -0.4 is 0 Å². The predicted molar refractivity (Wildman–Crippen MR) is 76.8 cm³/mol. The number of furan rings is 1. The lowest BCUT2D eigenvalue weighted by Crippen LogP contribution is -1.73. The van der Waals surface area contributed by atoms with Gasteiger partial charge in [0.25, 0.3) is 0 Å². The van der Waals surface area contributed by atoms with Crippen molar-refractivity contribution in [3.05, 3.63) is 36.4 Å². The predicted octanol–water partition coefficient (Wildman–Crippen LogP) is 4.64. The van der Waals surface area contributed by atoms with E-state index < -0.39 is 0 Å². The van der Waals surface area contributed by atoms with Gasteiger partial charge in [0.2, 0.25) is 5.88 Å². The van der Waals surface area contributed by atoms with Crippen molar-refractivity contribution in [1.82, 2.24) is 0 Å². The Bertz CT molecular complexity index is 769. The van der Waals surface area contributed by atoms with Crippen molar-refractivity contribution in [2.24, 2.45) is 9.98 Å². The average molecular weight is 236 g/mol. The molecule has 0 N–H and O–H groups in total. The molecule has 3 nitrogen and oxygen atoms in total. The van der Waals surface area contributed by atoms with Crippen LogP contribution in [0.2, 0.25) is 0 Å². The third-order valence-electron chi connectivity index (χ3n) is 2.94. The molecule has 18 heavy (non-hydrogen) atoms. The number of benzene rings is 2. The van der Waals surface area contributed by atoms with Crippen molar-refractivity contribution < 1.29 is 4.42 Å². The summed E-state index contributed by atoms with van der Waals surface area (Å²) in [5, 5.41) is 3.27. The molecular formula is C15H12N2O. The van der Waals surface area contributed by atoms with Crippen LogP contribution in [-0.4, -0.2) is 12.9 Å². The molecule has 1 heterocycles. The summed E-state index contributed by atoms with van der Waals surface area (Å²) in [5.41, 5.74) is 1.54. The second-order valence-corrected chi connectivity index (χ2v) is 3.96. The highest BCUT2D eigenvalue weighted by atomic mass is 16.3. The zero-order valence-electron chi connectivity index (χ0n) is 10.1. The fourth-order valence-electron chi connectivity index (χ4n) is 2.20. The van der Waals surface area contributed by atoms with Crippen molar-refractivity contribution in [2.75, 3.05) is 0 Å². The molecule has 0 unspecified atom stereocenters. The molecule has 0 radical (unpaired) electrons. The molecule has 0 aliphatic carbocycles. The van der Waals surface area contributed by atoms with E-state index in [0.29, 0.717) is 5.88 Å². The van der Waals surface area contributed by atoms with Crippen LogP contribution in [0.4, 0.5) is 11.6 Å². The Morgan fingerprint density at radius 3 is 2.78 bits per heavy atom. The van der Waals surface area contributed by atoms with Crippen molar-refractivity contribution in [2.45, 2.75) is 6.92 Å². The van der Waals surface area contributed by atoms with E-state index in [1.807, 2.05) is 31.2 Å². The number of hydrogen-bond donors (Lipinski definition) is 0. The Morgan fingerprint density at radius 2 is 2.00 bits per heavy atom. The fourth-order valence-corrected chi connectivity index (χ4v) is 2.20. The van der Waals surface area contributed by atoms with Crippen LogP contribution in [0.1, 0.15) is 6.92 Å². The summed E-state index contributed by atoms with van der Waals surface area (Å²) < 4.78 is 5.67. The van der Waals surface area contributed by atoms with Gasteiger partial charge in [-0.2, -0.15) is 0 Å². The maximum Gasteiger partial charge on any atom is 0.245 e. The highest BCUT2D eigenvalue weighted by Crippen LogP contribution is 2.42. The Labute approximate surface area is 104 Å². The van der Waals surface area contributed by atoms with E-state index in [4.69, 9.17) is 4.42 Å². The molecule has 2 aromatic carbocycles. The maximum absolute atomic E-state index is 5.67. The van der Waals surface area contributed by atoms with Gasteiger partial charge in [0.05, 0.1) is 5.39 Å². The van der Waals surface area contributed by atoms with E-state index in [9.17, 15) is 0 Å². The van der Waals surface area contributed by atoms with Gasteiger partial charge in [-0.25, -0.2) is 4.99 Å². The number of fused-ring (bicyclic) bond motifs is 3. The van der Waals surface area contributed by atoms with E-state index in [1.54, 1.807) is 6.21 Å². The normalized spacial score (nSPS) is 11.6. The Hall–Kier alpha value is -2.42. The van der Waals surface area contributed by atoms with Gasteiger partial charge in [0.1, 0.15) is 11.3 Å². The number of rotatable bonds is 2. The van der Waals surface area contributed by atoms with Crippen LogP contribution in [-0.2, 0) is 0 Å². The van der Waals surface area contributed by atoms with Gasteiger partial charge in [-0.3, -0.25) is 4.99 Å². The van der Waals surface area contributed by atoms with Crippen LogP contribution in [0.3, 0.4) is 0 Å². The van der Waals surface area contributed by atoms with Gasteiger partial charge < -0.3 is 4.42 Å². The molecule has 0 spiro atoms. The highest BCUT2D eigenvalue weighted by molar-refractivity contribution is 6.13. The first-order valence-electron chi connectivity index (χ1n) is 5.75. The summed E-state index contributed by atoms with van der Waals surface area (Å²) in [7, 11) is 0. The highest BCUT2D eigenvalue weighted by Gasteiger charge is 2.14. The molecule has 88 valence electrons. The lowest BCUT2D eigenvalue weighted by molar-refractivity contribution is 0.627. The summed E-state index contributed by atoms with van der Waals surface area (Å²) in [6, 6.07) is 12.1. The van der Waals surface area contributed by atoms with Gasteiger partial charge in [0.15, 0.2) is 0 Å². The summed E-state index contributed by atoms with van der Waals surface area (Å²) in [6.07, 6.45) is 1.74. The second kappa shape index (κ2) is 4.11. The number of hydrogen-bond acceptors (Lipinski definition) is 3. The molecule has 3 heteroatoms. The van der Waals surface area contributed by atoms with Crippen LogP contribution in [0, 0.1) is 0 Å². The lowest BCUT2D eigenvalue weighted by Gasteiger charge is -1.98.